The maximum Gasteiger partial charge on any atom is 0.0234 e. The van der Waals surface area contributed by atoms with Crippen LogP contribution in [-0.4, -0.2) is 29.8 Å². The molecule has 1 aromatic rings. The zero-order valence-electron chi connectivity index (χ0n) is 12.4. The van der Waals surface area contributed by atoms with E-state index in [4.69, 9.17) is 5.73 Å². The van der Waals surface area contributed by atoms with Crippen LogP contribution in [0.15, 0.2) is 29.2 Å². The molecular formula is C16H26N2S. The normalized spacial score (nSPS) is 23.5. The van der Waals surface area contributed by atoms with Gasteiger partial charge in [-0.2, -0.15) is 0 Å². The number of thioether (sulfide) groups is 1. The summed E-state index contributed by atoms with van der Waals surface area (Å²) in [5.74, 6) is 1.13. The second-order valence-corrected chi connectivity index (χ2v) is 7.51. The number of piperidine rings is 1. The number of likely N-dealkylation sites (tertiary alicyclic amines) is 1. The van der Waals surface area contributed by atoms with E-state index >= 15 is 0 Å². The zero-order chi connectivity index (χ0) is 13.9. The van der Waals surface area contributed by atoms with Crippen molar-refractivity contribution in [2.24, 2.45) is 11.1 Å². The van der Waals surface area contributed by atoms with Crippen molar-refractivity contribution in [3.8, 4) is 0 Å². The quantitative estimate of drug-likeness (QED) is 0.856. The van der Waals surface area contributed by atoms with Crippen LogP contribution in [0, 0.1) is 5.41 Å². The Bertz CT molecular complexity index is 417. The van der Waals surface area contributed by atoms with Gasteiger partial charge < -0.3 is 5.73 Å². The van der Waals surface area contributed by atoms with Crippen LogP contribution in [0.3, 0.4) is 0 Å². The second kappa shape index (κ2) is 6.29. The van der Waals surface area contributed by atoms with Crippen molar-refractivity contribution in [1.29, 1.82) is 0 Å². The fourth-order valence-electron chi connectivity index (χ4n) is 2.78. The van der Waals surface area contributed by atoms with Gasteiger partial charge in [0.15, 0.2) is 0 Å². The minimum Gasteiger partial charge on any atom is -0.327 e. The molecule has 1 aromatic carbocycles. The second-order valence-electron chi connectivity index (χ2n) is 6.17. The first-order chi connectivity index (χ1) is 9.01. The highest BCUT2D eigenvalue weighted by molar-refractivity contribution is 7.99. The molecule has 0 amide bonds. The third-order valence-electron chi connectivity index (χ3n) is 4.01. The first kappa shape index (κ1) is 14.9. The van der Waals surface area contributed by atoms with Crippen LogP contribution in [0.1, 0.15) is 32.8 Å². The Morgan fingerprint density at radius 2 is 2.21 bits per heavy atom. The number of rotatable bonds is 4. The van der Waals surface area contributed by atoms with Gasteiger partial charge in [0.1, 0.15) is 0 Å². The van der Waals surface area contributed by atoms with E-state index in [-0.39, 0.29) is 5.41 Å². The van der Waals surface area contributed by atoms with E-state index in [1.165, 1.54) is 10.5 Å². The molecule has 0 bridgehead atoms. The van der Waals surface area contributed by atoms with E-state index in [9.17, 15) is 0 Å². The predicted octanol–water partition coefficient (Wildman–Crippen LogP) is 3.36. The minimum atomic E-state index is 0.230. The maximum absolute atomic E-state index is 6.20. The molecule has 1 atom stereocenters. The predicted molar refractivity (Wildman–Crippen MR) is 84.5 cm³/mol. The van der Waals surface area contributed by atoms with Gasteiger partial charge in [-0.3, -0.25) is 4.90 Å². The van der Waals surface area contributed by atoms with E-state index in [2.05, 4.69) is 49.9 Å². The molecule has 1 saturated heterocycles. The number of hydrogen-bond donors (Lipinski definition) is 1. The molecule has 2 N–H and O–H groups in total. The van der Waals surface area contributed by atoms with Gasteiger partial charge >= 0.3 is 0 Å². The maximum atomic E-state index is 6.20. The zero-order valence-corrected chi connectivity index (χ0v) is 13.2. The fraction of sp³-hybridized carbons (Fsp3) is 0.625. The lowest BCUT2D eigenvalue weighted by atomic mass is 9.79. The average Bonchev–Trinajstić information content (AvgIpc) is 2.34. The molecule has 0 spiro atoms. The fourth-order valence-corrected chi connectivity index (χ4v) is 3.52. The largest absolute Gasteiger partial charge is 0.327 e. The van der Waals surface area contributed by atoms with Crippen LogP contribution in [0.4, 0.5) is 0 Å². The van der Waals surface area contributed by atoms with Gasteiger partial charge in [-0.25, -0.2) is 0 Å². The molecule has 0 saturated carbocycles. The molecule has 3 heteroatoms. The lowest BCUT2D eigenvalue weighted by Gasteiger charge is -2.42. The van der Waals surface area contributed by atoms with E-state index in [1.807, 2.05) is 11.8 Å². The Balaban J connectivity index is 1.99. The van der Waals surface area contributed by atoms with E-state index in [0.717, 1.165) is 31.8 Å². The van der Waals surface area contributed by atoms with Gasteiger partial charge in [0.05, 0.1) is 0 Å². The number of nitrogens with zero attached hydrogens (tertiary/aromatic N) is 1. The Morgan fingerprint density at radius 3 is 2.89 bits per heavy atom. The molecule has 1 unspecified atom stereocenters. The Kier molecular flexibility index (Phi) is 4.93. The van der Waals surface area contributed by atoms with Gasteiger partial charge in [-0.15, -0.1) is 11.8 Å². The Hall–Kier alpha value is -0.510. The van der Waals surface area contributed by atoms with Crippen LogP contribution in [0.25, 0.3) is 0 Å². The van der Waals surface area contributed by atoms with Crippen LogP contribution >= 0.6 is 11.8 Å². The highest BCUT2D eigenvalue weighted by Gasteiger charge is 2.33. The average molecular weight is 278 g/mol. The SMILES string of the molecule is CCSc1cccc(CN2CCC(N)C(C)(C)C2)c1. The summed E-state index contributed by atoms with van der Waals surface area (Å²) < 4.78 is 0. The van der Waals surface area contributed by atoms with Crippen LogP contribution in [-0.2, 0) is 6.54 Å². The van der Waals surface area contributed by atoms with Gasteiger partial charge in [0.25, 0.3) is 0 Å². The van der Waals surface area contributed by atoms with Gasteiger partial charge in [-0.05, 0) is 35.3 Å². The van der Waals surface area contributed by atoms with Crippen molar-refractivity contribution in [3.05, 3.63) is 29.8 Å². The first-order valence-electron chi connectivity index (χ1n) is 7.21. The monoisotopic (exact) mass is 278 g/mol. The third kappa shape index (κ3) is 3.98. The smallest absolute Gasteiger partial charge is 0.0234 e. The molecule has 106 valence electrons. The minimum absolute atomic E-state index is 0.230. The van der Waals surface area contributed by atoms with Gasteiger partial charge in [-0.1, -0.05) is 32.9 Å². The van der Waals surface area contributed by atoms with Gasteiger partial charge in [0.2, 0.25) is 0 Å². The van der Waals surface area contributed by atoms with E-state index in [0.29, 0.717) is 6.04 Å². The summed E-state index contributed by atoms with van der Waals surface area (Å²) >= 11 is 1.91. The molecular weight excluding hydrogens is 252 g/mol. The standard InChI is InChI=1S/C16H26N2S/c1-4-19-14-7-5-6-13(10-14)11-18-9-8-15(17)16(2,3)12-18/h5-7,10,15H,4,8-9,11-12,17H2,1-3H3. The molecule has 0 aliphatic carbocycles. The molecule has 1 heterocycles. The van der Waals surface area contributed by atoms with Crippen LogP contribution in [0.5, 0.6) is 0 Å². The molecule has 1 aliphatic rings. The topological polar surface area (TPSA) is 29.3 Å². The van der Waals surface area contributed by atoms with Crippen molar-refractivity contribution in [1.82, 2.24) is 4.90 Å². The molecule has 19 heavy (non-hydrogen) atoms. The molecule has 2 nitrogen and oxygen atoms in total. The summed E-state index contributed by atoms with van der Waals surface area (Å²) in [6, 6.07) is 9.28. The summed E-state index contributed by atoms with van der Waals surface area (Å²) in [5, 5.41) is 0. The Morgan fingerprint density at radius 1 is 1.42 bits per heavy atom. The van der Waals surface area contributed by atoms with Gasteiger partial charge in [0, 0.05) is 30.6 Å². The number of benzene rings is 1. The number of hydrogen-bond acceptors (Lipinski definition) is 3. The molecule has 0 radical (unpaired) electrons. The summed E-state index contributed by atoms with van der Waals surface area (Å²) in [4.78, 5) is 3.92. The summed E-state index contributed by atoms with van der Waals surface area (Å²) in [7, 11) is 0. The third-order valence-corrected chi connectivity index (χ3v) is 4.88. The van der Waals surface area contributed by atoms with Crippen LogP contribution in [0.2, 0.25) is 0 Å². The highest BCUT2D eigenvalue weighted by atomic mass is 32.2. The van der Waals surface area contributed by atoms with Crippen molar-refractivity contribution < 1.29 is 0 Å². The summed E-state index contributed by atoms with van der Waals surface area (Å²) in [6.07, 6.45) is 1.11. The molecule has 2 rings (SSSR count). The first-order valence-corrected chi connectivity index (χ1v) is 8.19. The number of nitrogens with two attached hydrogens (primary N) is 1. The highest BCUT2D eigenvalue weighted by Crippen LogP contribution is 2.29. The van der Waals surface area contributed by atoms with E-state index < -0.39 is 0 Å². The molecule has 1 aliphatic heterocycles. The summed E-state index contributed by atoms with van der Waals surface area (Å²) in [6.45, 7) is 10.0. The van der Waals surface area contributed by atoms with Crippen LogP contribution < -0.4 is 5.73 Å². The van der Waals surface area contributed by atoms with E-state index in [1.54, 1.807) is 0 Å². The van der Waals surface area contributed by atoms with Crippen molar-refractivity contribution in [2.75, 3.05) is 18.8 Å². The molecule has 1 fully saturated rings. The lowest BCUT2D eigenvalue weighted by Crippen LogP contribution is -2.52. The van der Waals surface area contributed by atoms with Crippen molar-refractivity contribution in [2.45, 2.75) is 44.7 Å². The van der Waals surface area contributed by atoms with Crippen molar-refractivity contribution >= 4 is 11.8 Å². The summed E-state index contributed by atoms with van der Waals surface area (Å²) in [5.41, 5.74) is 7.85. The Labute approximate surface area is 121 Å². The lowest BCUT2D eigenvalue weighted by molar-refractivity contribution is 0.0898. The molecule has 0 aromatic heterocycles. The van der Waals surface area contributed by atoms with Crippen molar-refractivity contribution in [3.63, 3.8) is 0 Å².